The lowest BCUT2D eigenvalue weighted by atomic mass is 9.32. The Morgan fingerprint density at radius 1 is 0.781 bits per heavy atom. The van der Waals surface area contributed by atoms with E-state index in [1.54, 1.807) is 0 Å². The fraction of sp³-hybridized carbons (Fsp3) is 0.966. The monoisotopic (exact) mass is 442 g/mol. The van der Waals surface area contributed by atoms with Crippen LogP contribution in [0.15, 0.2) is 0 Å². The number of fused-ring (bicyclic) bond motifs is 5. The summed E-state index contributed by atoms with van der Waals surface area (Å²) in [4.78, 5) is 12.9. The van der Waals surface area contributed by atoms with Gasteiger partial charge in [-0.3, -0.25) is 4.79 Å². The van der Waals surface area contributed by atoms with Crippen LogP contribution in [0.2, 0.25) is 0 Å². The Kier molecular flexibility index (Phi) is 4.30. The number of rotatable bonds is 0. The molecule has 5 aliphatic carbocycles. The summed E-state index contributed by atoms with van der Waals surface area (Å²) in [6.07, 6.45) is 11.7. The highest BCUT2D eigenvalue weighted by molar-refractivity contribution is 5.85. The SMILES string of the molecule is CC1(C)C(=O)CC[C@]2(C)[C@H]3CC[C@@H]4[C@@H]5[C@H]6CC[C@]5(CC[C@@]4(C)[C@]3(C)CC[C@@H]12)OC[C@]6(C)O. The molecule has 0 spiro atoms. The number of hydrogen-bond donors (Lipinski definition) is 1. The maximum absolute atomic E-state index is 12.9. The van der Waals surface area contributed by atoms with E-state index in [9.17, 15) is 9.90 Å². The second-order valence-corrected chi connectivity index (χ2v) is 14.7. The normalized spacial score (nSPS) is 60.7. The summed E-state index contributed by atoms with van der Waals surface area (Å²) in [5.41, 5.74) is 0.114. The molecule has 6 fully saturated rings. The van der Waals surface area contributed by atoms with Crippen molar-refractivity contribution >= 4 is 5.78 Å². The van der Waals surface area contributed by atoms with Crippen molar-refractivity contribution in [3.05, 3.63) is 0 Å². The zero-order valence-corrected chi connectivity index (χ0v) is 21.4. The van der Waals surface area contributed by atoms with Crippen LogP contribution in [0.3, 0.4) is 0 Å². The third-order valence-corrected chi connectivity index (χ3v) is 13.6. The van der Waals surface area contributed by atoms with Gasteiger partial charge in [-0.1, -0.05) is 34.6 Å². The zero-order chi connectivity index (χ0) is 22.9. The van der Waals surface area contributed by atoms with Crippen LogP contribution in [-0.4, -0.2) is 28.7 Å². The molecule has 3 nitrogen and oxygen atoms in total. The minimum atomic E-state index is -0.669. The molecular weight excluding hydrogens is 396 g/mol. The van der Waals surface area contributed by atoms with Crippen molar-refractivity contribution in [2.24, 2.45) is 51.2 Å². The predicted octanol–water partition coefficient (Wildman–Crippen LogP) is 6.17. The van der Waals surface area contributed by atoms with Crippen LogP contribution in [0.5, 0.6) is 0 Å². The maximum Gasteiger partial charge on any atom is 0.138 e. The molecule has 6 aliphatic rings. The summed E-state index contributed by atoms with van der Waals surface area (Å²) < 4.78 is 6.60. The summed E-state index contributed by atoms with van der Waals surface area (Å²) in [5, 5.41) is 11.3. The molecular formula is C29H46O3. The Morgan fingerprint density at radius 3 is 2.28 bits per heavy atom. The number of aliphatic hydroxyl groups is 1. The molecule has 0 unspecified atom stereocenters. The molecule has 0 amide bonds. The first kappa shape index (κ1) is 22.1. The lowest BCUT2D eigenvalue weighted by molar-refractivity contribution is -0.283. The standard InChI is InChI=1S/C29H46O3/c1-24(2)20-10-13-27(5)21(25(20,3)12-11-22(24)30)8-7-18-23-19-9-14-29(23,16-15-26(18,27)4)32-17-28(19,6)31/h18-21,23,31H,7-17H2,1-6H3/t18-,19-,20+,21-,23-,25+,26-,27-,28+,29-/m1/s1. The van der Waals surface area contributed by atoms with Crippen LogP contribution in [0.1, 0.15) is 106 Å². The minimum Gasteiger partial charge on any atom is -0.387 e. The third-order valence-electron chi connectivity index (χ3n) is 13.6. The highest BCUT2D eigenvalue weighted by Gasteiger charge is 2.73. The summed E-state index contributed by atoms with van der Waals surface area (Å²) in [7, 11) is 0. The van der Waals surface area contributed by atoms with Crippen molar-refractivity contribution < 1.29 is 14.6 Å². The van der Waals surface area contributed by atoms with E-state index in [0.717, 1.165) is 25.7 Å². The molecule has 5 saturated carbocycles. The second kappa shape index (κ2) is 6.23. The largest absolute Gasteiger partial charge is 0.387 e. The lowest BCUT2D eigenvalue weighted by Crippen LogP contribution is -2.69. The number of carbonyl (C=O) groups excluding carboxylic acids is 1. The van der Waals surface area contributed by atoms with Crippen molar-refractivity contribution in [2.45, 2.75) is 117 Å². The van der Waals surface area contributed by atoms with E-state index in [1.807, 2.05) is 6.92 Å². The Morgan fingerprint density at radius 2 is 1.53 bits per heavy atom. The molecule has 180 valence electrons. The van der Waals surface area contributed by atoms with E-state index < -0.39 is 5.60 Å². The van der Waals surface area contributed by atoms with Gasteiger partial charge in [0.15, 0.2) is 0 Å². The van der Waals surface area contributed by atoms with Crippen molar-refractivity contribution in [2.75, 3.05) is 6.61 Å². The Hall–Kier alpha value is -0.410. The molecule has 1 saturated heterocycles. The Labute approximate surface area is 195 Å². The fourth-order valence-corrected chi connectivity index (χ4v) is 11.7. The molecule has 1 heterocycles. The molecule has 6 rings (SSSR count). The van der Waals surface area contributed by atoms with E-state index >= 15 is 0 Å². The van der Waals surface area contributed by atoms with Gasteiger partial charge in [-0.2, -0.15) is 0 Å². The van der Waals surface area contributed by atoms with Gasteiger partial charge in [-0.25, -0.2) is 0 Å². The maximum atomic E-state index is 12.9. The van der Waals surface area contributed by atoms with E-state index in [0.29, 0.717) is 52.8 Å². The molecule has 1 N–H and O–H groups in total. The van der Waals surface area contributed by atoms with Gasteiger partial charge >= 0.3 is 0 Å². The van der Waals surface area contributed by atoms with Gasteiger partial charge in [0.05, 0.1) is 17.8 Å². The number of carbonyl (C=O) groups is 1. The van der Waals surface area contributed by atoms with E-state index in [-0.39, 0.29) is 16.4 Å². The molecule has 0 radical (unpaired) electrons. The Bertz CT molecular complexity index is 845. The summed E-state index contributed by atoms with van der Waals surface area (Å²) in [6, 6.07) is 0. The van der Waals surface area contributed by atoms with Crippen LogP contribution in [0.4, 0.5) is 0 Å². The first-order chi connectivity index (χ1) is 14.8. The average Bonchev–Trinajstić information content (AvgIpc) is 3.05. The van der Waals surface area contributed by atoms with Crippen molar-refractivity contribution in [1.29, 1.82) is 0 Å². The first-order valence-corrected chi connectivity index (χ1v) is 13.7. The molecule has 32 heavy (non-hydrogen) atoms. The van der Waals surface area contributed by atoms with Gasteiger partial charge < -0.3 is 9.84 Å². The zero-order valence-electron chi connectivity index (χ0n) is 21.4. The fourth-order valence-electron chi connectivity index (χ4n) is 11.7. The molecule has 1 aliphatic heterocycles. The Balaban J connectivity index is 1.40. The summed E-state index contributed by atoms with van der Waals surface area (Å²) in [5.74, 6) is 3.33. The van der Waals surface area contributed by atoms with Crippen LogP contribution >= 0.6 is 0 Å². The highest BCUT2D eigenvalue weighted by Crippen LogP contribution is 2.77. The molecule has 10 atom stereocenters. The van der Waals surface area contributed by atoms with Crippen LogP contribution in [-0.2, 0) is 9.53 Å². The van der Waals surface area contributed by atoms with Gasteiger partial charge in [-0.05, 0) is 111 Å². The number of ether oxygens (including phenoxy) is 1. The van der Waals surface area contributed by atoms with Gasteiger partial charge in [0.2, 0.25) is 0 Å². The smallest absolute Gasteiger partial charge is 0.138 e. The highest BCUT2D eigenvalue weighted by atomic mass is 16.5. The van der Waals surface area contributed by atoms with Crippen LogP contribution in [0, 0.1) is 51.2 Å². The number of ketones is 1. The molecule has 0 aromatic carbocycles. The topological polar surface area (TPSA) is 46.5 Å². The predicted molar refractivity (Wildman–Crippen MR) is 126 cm³/mol. The number of Topliss-reactive ketones (excluding diaryl/α,β-unsaturated/α-hetero) is 1. The van der Waals surface area contributed by atoms with Gasteiger partial charge in [0.1, 0.15) is 5.78 Å². The number of hydrogen-bond acceptors (Lipinski definition) is 3. The van der Waals surface area contributed by atoms with Gasteiger partial charge in [0.25, 0.3) is 0 Å². The average molecular weight is 443 g/mol. The quantitative estimate of drug-likeness (QED) is 0.488. The van der Waals surface area contributed by atoms with Crippen LogP contribution in [0.25, 0.3) is 0 Å². The first-order valence-electron chi connectivity index (χ1n) is 13.7. The van der Waals surface area contributed by atoms with E-state index in [4.69, 9.17) is 4.74 Å². The summed E-state index contributed by atoms with van der Waals surface area (Å²) in [6.45, 7) is 14.9. The lowest BCUT2D eigenvalue weighted by Gasteiger charge is -2.73. The molecule has 0 aromatic rings. The molecule has 2 bridgehead atoms. The van der Waals surface area contributed by atoms with Gasteiger partial charge in [0, 0.05) is 11.8 Å². The van der Waals surface area contributed by atoms with E-state index in [1.165, 1.54) is 38.5 Å². The van der Waals surface area contributed by atoms with Gasteiger partial charge in [-0.15, -0.1) is 0 Å². The van der Waals surface area contributed by atoms with Crippen molar-refractivity contribution in [3.8, 4) is 0 Å². The second-order valence-electron chi connectivity index (χ2n) is 14.7. The summed E-state index contributed by atoms with van der Waals surface area (Å²) >= 11 is 0. The third kappa shape index (κ3) is 2.34. The van der Waals surface area contributed by atoms with Crippen LogP contribution < -0.4 is 0 Å². The molecule has 0 aromatic heterocycles. The van der Waals surface area contributed by atoms with Crippen molar-refractivity contribution in [1.82, 2.24) is 0 Å². The minimum absolute atomic E-state index is 0.0423. The van der Waals surface area contributed by atoms with Crippen molar-refractivity contribution in [3.63, 3.8) is 0 Å². The van der Waals surface area contributed by atoms with E-state index in [2.05, 4.69) is 34.6 Å². The molecule has 3 heteroatoms.